The van der Waals surface area contributed by atoms with Gasteiger partial charge in [0, 0.05) is 11.0 Å². The van der Waals surface area contributed by atoms with Crippen molar-refractivity contribution in [3.8, 4) is 0 Å². The number of ether oxygens (including phenoxy) is 2. The minimum absolute atomic E-state index is 0.0435. The second-order valence-electron chi connectivity index (χ2n) is 3.53. The van der Waals surface area contributed by atoms with E-state index < -0.39 is 50.8 Å². The van der Waals surface area contributed by atoms with E-state index in [4.69, 9.17) is 0 Å². The lowest BCUT2D eigenvalue weighted by molar-refractivity contribution is -0.134. The molecule has 0 spiro atoms. The van der Waals surface area contributed by atoms with Crippen molar-refractivity contribution in [3.05, 3.63) is 40.7 Å². The molecule has 0 aromatic heterocycles. The van der Waals surface area contributed by atoms with Gasteiger partial charge in [-0.25, -0.2) is 31.5 Å². The lowest BCUT2D eigenvalue weighted by atomic mass is 10.1. The van der Waals surface area contributed by atoms with E-state index in [-0.39, 0.29) is 11.8 Å². The molecule has 0 atom stereocenters. The number of carbonyl (C=O) groups is 2. The molecule has 4 nitrogen and oxygen atoms in total. The molecule has 0 aliphatic rings. The highest BCUT2D eigenvalue weighted by Crippen LogP contribution is 2.35. The molecule has 0 fully saturated rings. The van der Waals surface area contributed by atoms with E-state index in [2.05, 4.69) is 9.47 Å². The van der Waals surface area contributed by atoms with Crippen molar-refractivity contribution < 1.29 is 41.0 Å². The SMILES string of the molecule is COC(=O)/C=C(\SC(=O)OC)c1c(F)c(F)c(F)c(F)c1F. The summed E-state index contributed by atoms with van der Waals surface area (Å²) in [5.41, 5.74) is -1.43. The minimum Gasteiger partial charge on any atom is -0.466 e. The van der Waals surface area contributed by atoms with Gasteiger partial charge in [-0.2, -0.15) is 0 Å². The van der Waals surface area contributed by atoms with Crippen LogP contribution >= 0.6 is 11.8 Å². The zero-order chi connectivity index (χ0) is 17.0. The number of carbonyl (C=O) groups excluding carboxylic acids is 2. The first kappa shape index (κ1) is 18.0. The maximum atomic E-state index is 13.7. The van der Waals surface area contributed by atoms with Gasteiger partial charge in [0.25, 0.3) is 0 Å². The molecule has 0 aliphatic carbocycles. The van der Waals surface area contributed by atoms with Crippen LogP contribution in [0.5, 0.6) is 0 Å². The van der Waals surface area contributed by atoms with Crippen molar-refractivity contribution in [2.45, 2.75) is 0 Å². The number of rotatable bonds is 3. The fraction of sp³-hybridized carbons (Fsp3) is 0.167. The van der Waals surface area contributed by atoms with Crippen molar-refractivity contribution in [2.75, 3.05) is 14.2 Å². The first-order valence-corrected chi connectivity index (χ1v) is 6.13. The van der Waals surface area contributed by atoms with Crippen molar-refractivity contribution >= 4 is 27.9 Å². The Morgan fingerprint density at radius 1 is 0.864 bits per heavy atom. The molecule has 10 heteroatoms. The van der Waals surface area contributed by atoms with Gasteiger partial charge in [-0.3, -0.25) is 0 Å². The summed E-state index contributed by atoms with van der Waals surface area (Å²) in [4.78, 5) is 21.5. The average molecular weight is 342 g/mol. The molecular weight excluding hydrogens is 335 g/mol. The maximum Gasteiger partial charge on any atom is 0.371 e. The number of hydrogen-bond donors (Lipinski definition) is 0. The lowest BCUT2D eigenvalue weighted by Gasteiger charge is -2.10. The van der Waals surface area contributed by atoms with Crippen molar-refractivity contribution in [2.24, 2.45) is 0 Å². The number of esters is 1. The Morgan fingerprint density at radius 2 is 1.32 bits per heavy atom. The summed E-state index contributed by atoms with van der Waals surface area (Å²) in [5.74, 6) is -12.3. The van der Waals surface area contributed by atoms with Crippen molar-refractivity contribution in [1.29, 1.82) is 0 Å². The van der Waals surface area contributed by atoms with E-state index in [1.54, 1.807) is 0 Å². The smallest absolute Gasteiger partial charge is 0.371 e. The zero-order valence-electron chi connectivity index (χ0n) is 11.0. The van der Waals surface area contributed by atoms with Crippen LogP contribution in [0.2, 0.25) is 0 Å². The van der Waals surface area contributed by atoms with Crippen LogP contribution in [0.4, 0.5) is 26.7 Å². The number of benzene rings is 1. The largest absolute Gasteiger partial charge is 0.466 e. The van der Waals surface area contributed by atoms with Crippen molar-refractivity contribution in [1.82, 2.24) is 0 Å². The topological polar surface area (TPSA) is 52.6 Å². The van der Waals surface area contributed by atoms with Gasteiger partial charge in [0.15, 0.2) is 23.3 Å². The van der Waals surface area contributed by atoms with Gasteiger partial charge < -0.3 is 9.47 Å². The number of methoxy groups -OCH3 is 2. The summed E-state index contributed by atoms with van der Waals surface area (Å²) < 4.78 is 75.1. The molecule has 0 unspecified atom stereocenters. The Morgan fingerprint density at radius 3 is 1.73 bits per heavy atom. The van der Waals surface area contributed by atoms with Gasteiger partial charge in [-0.1, -0.05) is 0 Å². The Hall–Kier alpha value is -2.10. The first-order chi connectivity index (χ1) is 10.2. The molecule has 0 saturated carbocycles. The molecule has 0 bridgehead atoms. The average Bonchev–Trinajstić information content (AvgIpc) is 2.50. The highest BCUT2D eigenvalue weighted by molar-refractivity contribution is 8.21. The highest BCUT2D eigenvalue weighted by Gasteiger charge is 2.29. The summed E-state index contributed by atoms with van der Waals surface area (Å²) in [6.45, 7) is 0. The van der Waals surface area contributed by atoms with Gasteiger partial charge in [0.2, 0.25) is 5.82 Å². The van der Waals surface area contributed by atoms with Gasteiger partial charge in [0.05, 0.1) is 19.8 Å². The molecule has 0 aliphatic heterocycles. The zero-order valence-corrected chi connectivity index (χ0v) is 11.8. The fourth-order valence-electron chi connectivity index (χ4n) is 1.27. The molecule has 1 aromatic carbocycles. The van der Waals surface area contributed by atoms with Crippen LogP contribution in [0.1, 0.15) is 5.56 Å². The highest BCUT2D eigenvalue weighted by atomic mass is 32.2. The van der Waals surface area contributed by atoms with Crippen molar-refractivity contribution in [3.63, 3.8) is 0 Å². The molecule has 0 heterocycles. The molecule has 0 radical (unpaired) electrons. The van der Waals surface area contributed by atoms with E-state index in [0.29, 0.717) is 6.08 Å². The normalized spacial score (nSPS) is 11.3. The number of halogens is 5. The Kier molecular flexibility index (Phi) is 5.92. The van der Waals surface area contributed by atoms with E-state index in [1.807, 2.05) is 0 Å². The van der Waals surface area contributed by atoms with E-state index >= 15 is 0 Å². The van der Waals surface area contributed by atoms with E-state index in [0.717, 1.165) is 14.2 Å². The Balaban J connectivity index is 3.59. The van der Waals surface area contributed by atoms with Crippen LogP contribution < -0.4 is 0 Å². The van der Waals surface area contributed by atoms with Gasteiger partial charge >= 0.3 is 11.3 Å². The molecule has 0 amide bonds. The Labute approximate surface area is 124 Å². The monoisotopic (exact) mass is 342 g/mol. The minimum atomic E-state index is -2.36. The molecule has 22 heavy (non-hydrogen) atoms. The second-order valence-corrected chi connectivity index (χ2v) is 4.51. The van der Waals surface area contributed by atoms with Crippen LogP contribution in [0.15, 0.2) is 6.08 Å². The Bertz CT molecular complexity index is 630. The summed E-state index contributed by atoms with van der Waals surface area (Å²) >= 11 is -0.0435. The first-order valence-electron chi connectivity index (χ1n) is 5.31. The number of hydrogen-bond acceptors (Lipinski definition) is 5. The second kappa shape index (κ2) is 7.25. The van der Waals surface area contributed by atoms with Crippen LogP contribution in [0.3, 0.4) is 0 Å². The summed E-state index contributed by atoms with van der Waals surface area (Å²) in [7, 11) is 1.83. The van der Waals surface area contributed by atoms with Crippen LogP contribution in [-0.4, -0.2) is 25.5 Å². The van der Waals surface area contributed by atoms with E-state index in [1.165, 1.54) is 0 Å². The predicted octanol–water partition coefficient (Wildman–Crippen LogP) is 3.40. The standard InChI is InChI=1S/C12H7F5O4S/c1-20-5(18)3-4(22-12(19)21-2)6-7(13)9(15)11(17)10(16)8(6)14/h3H,1-2H3/b4-3-. The van der Waals surface area contributed by atoms with Gasteiger partial charge in [0.1, 0.15) is 0 Å². The molecule has 1 rings (SSSR count). The van der Waals surface area contributed by atoms with Crippen LogP contribution in [-0.2, 0) is 14.3 Å². The lowest BCUT2D eigenvalue weighted by Crippen LogP contribution is -2.08. The third-order valence-electron chi connectivity index (χ3n) is 2.27. The third kappa shape index (κ3) is 3.56. The molecule has 0 N–H and O–H groups in total. The van der Waals surface area contributed by atoms with Crippen LogP contribution in [0.25, 0.3) is 4.91 Å². The van der Waals surface area contributed by atoms with Crippen LogP contribution in [0, 0.1) is 29.1 Å². The summed E-state index contributed by atoms with van der Waals surface area (Å²) in [6.07, 6.45) is 0.403. The molecule has 1 aromatic rings. The quantitative estimate of drug-likeness (QED) is 0.277. The van der Waals surface area contributed by atoms with Gasteiger partial charge in [-0.05, 0) is 11.8 Å². The predicted molar refractivity (Wildman–Crippen MR) is 66.2 cm³/mol. The van der Waals surface area contributed by atoms with E-state index in [9.17, 15) is 31.5 Å². The maximum absolute atomic E-state index is 13.7. The molecular formula is C12H7F5O4S. The molecule has 120 valence electrons. The van der Waals surface area contributed by atoms with Gasteiger partial charge in [-0.15, -0.1) is 0 Å². The number of thioether (sulfide) groups is 1. The summed E-state index contributed by atoms with van der Waals surface area (Å²) in [5, 5.41) is -1.14. The third-order valence-corrected chi connectivity index (χ3v) is 3.14. The molecule has 0 saturated heterocycles. The fourth-order valence-corrected chi connectivity index (χ4v) is 1.97. The summed E-state index contributed by atoms with van der Waals surface area (Å²) in [6, 6.07) is 0.